The number of thiazole rings is 1. The number of amides is 2. The third-order valence-electron chi connectivity index (χ3n) is 4.03. The van der Waals surface area contributed by atoms with Crippen molar-refractivity contribution in [2.24, 2.45) is 5.92 Å². The number of aromatic nitrogens is 1. The first kappa shape index (κ1) is 15.0. The molecule has 1 aliphatic heterocycles. The van der Waals surface area contributed by atoms with Crippen molar-refractivity contribution in [3.63, 3.8) is 0 Å². The molecule has 0 radical (unpaired) electrons. The van der Waals surface area contributed by atoms with E-state index in [1.807, 2.05) is 15.8 Å². The molecule has 1 saturated heterocycles. The van der Waals surface area contributed by atoms with E-state index in [0.717, 1.165) is 31.6 Å². The van der Waals surface area contributed by atoms with Gasteiger partial charge in [-0.05, 0) is 24.8 Å². The molecular weight excluding hydrogens is 294 g/mol. The van der Waals surface area contributed by atoms with Crippen molar-refractivity contribution in [1.82, 2.24) is 15.2 Å². The van der Waals surface area contributed by atoms with Crippen molar-refractivity contribution in [3.8, 4) is 0 Å². The second-order valence-corrected chi connectivity index (χ2v) is 6.64. The molecule has 1 aromatic heterocycles. The Balaban J connectivity index is 1.35. The highest BCUT2D eigenvalue weighted by Crippen LogP contribution is 2.20. The lowest BCUT2D eigenvalue weighted by molar-refractivity contribution is 0.121. The van der Waals surface area contributed by atoms with Crippen molar-refractivity contribution >= 4 is 17.4 Å². The molecule has 1 fully saturated rings. The minimum atomic E-state index is 0.0513. The monoisotopic (exact) mass is 315 g/mol. The van der Waals surface area contributed by atoms with E-state index >= 15 is 0 Å². The molecule has 116 valence electrons. The van der Waals surface area contributed by atoms with Gasteiger partial charge in [0.05, 0.1) is 11.2 Å². The number of carbonyl (C=O) groups excluding carboxylic acids is 1. The summed E-state index contributed by atoms with van der Waals surface area (Å²) in [6, 6.07) is 8.72. The fourth-order valence-corrected chi connectivity index (χ4v) is 3.29. The number of carbonyl (C=O) groups is 1. The van der Waals surface area contributed by atoms with E-state index in [9.17, 15) is 4.79 Å². The van der Waals surface area contributed by atoms with Gasteiger partial charge in [0, 0.05) is 31.4 Å². The minimum absolute atomic E-state index is 0.0513. The van der Waals surface area contributed by atoms with Crippen LogP contribution in [0.4, 0.5) is 4.79 Å². The van der Waals surface area contributed by atoms with Crippen LogP contribution in [0.2, 0.25) is 0 Å². The zero-order chi connectivity index (χ0) is 15.4. The van der Waals surface area contributed by atoms with Crippen LogP contribution in [0, 0.1) is 12.8 Å². The van der Waals surface area contributed by atoms with Crippen molar-refractivity contribution in [2.45, 2.75) is 19.8 Å². The molecule has 0 bridgehead atoms. The molecule has 0 aliphatic carbocycles. The summed E-state index contributed by atoms with van der Waals surface area (Å²) < 4.78 is 0. The van der Waals surface area contributed by atoms with Gasteiger partial charge in [-0.1, -0.05) is 29.8 Å². The molecule has 1 aliphatic rings. The smallest absolute Gasteiger partial charge is 0.317 e. The molecule has 2 amide bonds. The summed E-state index contributed by atoms with van der Waals surface area (Å²) in [5.74, 6) is 0.590. The number of nitrogens with zero attached hydrogens (tertiary/aromatic N) is 2. The second kappa shape index (κ2) is 6.92. The molecular formula is C17H21N3OS. The van der Waals surface area contributed by atoms with Crippen molar-refractivity contribution < 1.29 is 4.79 Å². The van der Waals surface area contributed by atoms with Crippen LogP contribution in [-0.2, 0) is 12.8 Å². The summed E-state index contributed by atoms with van der Waals surface area (Å²) in [5, 5.41) is 4.99. The van der Waals surface area contributed by atoms with E-state index in [-0.39, 0.29) is 6.03 Å². The van der Waals surface area contributed by atoms with Crippen LogP contribution in [0.5, 0.6) is 0 Å². The summed E-state index contributed by atoms with van der Waals surface area (Å²) in [5.41, 5.74) is 5.52. The Morgan fingerprint density at radius 2 is 2.14 bits per heavy atom. The molecule has 2 heterocycles. The van der Waals surface area contributed by atoms with Crippen molar-refractivity contribution in [2.75, 3.05) is 19.6 Å². The SMILES string of the molecule is Cc1ccc(CC2CN(C(=O)NCCc3cscn3)C2)cc1. The number of hydrogen-bond acceptors (Lipinski definition) is 3. The molecule has 0 spiro atoms. The molecule has 2 aromatic rings. The maximum atomic E-state index is 12.0. The number of urea groups is 1. The summed E-state index contributed by atoms with van der Waals surface area (Å²) in [6.45, 7) is 4.47. The van der Waals surface area contributed by atoms with Gasteiger partial charge in [0.25, 0.3) is 0 Å². The van der Waals surface area contributed by atoms with Gasteiger partial charge in [-0.15, -0.1) is 11.3 Å². The summed E-state index contributed by atoms with van der Waals surface area (Å²) in [6.07, 6.45) is 1.86. The van der Waals surface area contributed by atoms with Gasteiger partial charge in [-0.2, -0.15) is 0 Å². The summed E-state index contributed by atoms with van der Waals surface area (Å²) >= 11 is 1.59. The number of likely N-dealkylation sites (tertiary alicyclic amines) is 1. The number of nitrogens with one attached hydrogen (secondary N) is 1. The summed E-state index contributed by atoms with van der Waals surface area (Å²) in [4.78, 5) is 18.1. The quantitative estimate of drug-likeness (QED) is 0.922. The Kier molecular flexibility index (Phi) is 4.73. The fraction of sp³-hybridized carbons (Fsp3) is 0.412. The van der Waals surface area contributed by atoms with E-state index in [2.05, 4.69) is 41.5 Å². The number of aryl methyl sites for hydroxylation is 1. The third-order valence-corrected chi connectivity index (χ3v) is 4.67. The van der Waals surface area contributed by atoms with Crippen molar-refractivity contribution in [1.29, 1.82) is 0 Å². The normalized spacial score (nSPS) is 14.7. The molecule has 3 rings (SSSR count). The van der Waals surface area contributed by atoms with E-state index in [4.69, 9.17) is 0 Å². The third kappa shape index (κ3) is 3.85. The van der Waals surface area contributed by atoms with E-state index in [1.54, 1.807) is 11.3 Å². The predicted octanol–water partition coefficient (Wildman–Crippen LogP) is 2.88. The van der Waals surface area contributed by atoms with Crippen LogP contribution in [-0.4, -0.2) is 35.5 Å². The number of benzene rings is 1. The Bertz CT molecular complexity index is 603. The van der Waals surface area contributed by atoms with Gasteiger partial charge in [0.15, 0.2) is 0 Å². The lowest BCUT2D eigenvalue weighted by Crippen LogP contribution is -2.54. The van der Waals surface area contributed by atoms with Gasteiger partial charge in [-0.3, -0.25) is 0 Å². The van der Waals surface area contributed by atoms with E-state index < -0.39 is 0 Å². The molecule has 4 nitrogen and oxygen atoms in total. The van der Waals surface area contributed by atoms with Gasteiger partial charge >= 0.3 is 6.03 Å². The van der Waals surface area contributed by atoms with Crippen LogP contribution in [0.25, 0.3) is 0 Å². The zero-order valence-electron chi connectivity index (χ0n) is 12.8. The highest BCUT2D eigenvalue weighted by molar-refractivity contribution is 7.07. The first-order chi connectivity index (χ1) is 10.7. The Morgan fingerprint density at radius 1 is 1.36 bits per heavy atom. The predicted molar refractivity (Wildman–Crippen MR) is 89.2 cm³/mol. The molecule has 22 heavy (non-hydrogen) atoms. The van der Waals surface area contributed by atoms with Crippen LogP contribution < -0.4 is 5.32 Å². The van der Waals surface area contributed by atoms with Gasteiger partial charge in [0.2, 0.25) is 0 Å². The number of rotatable bonds is 5. The molecule has 0 saturated carbocycles. The van der Waals surface area contributed by atoms with E-state index in [0.29, 0.717) is 12.5 Å². The first-order valence-corrected chi connectivity index (χ1v) is 8.60. The highest BCUT2D eigenvalue weighted by atomic mass is 32.1. The molecule has 1 N–H and O–H groups in total. The van der Waals surface area contributed by atoms with Crippen molar-refractivity contribution in [3.05, 3.63) is 52.0 Å². The molecule has 0 unspecified atom stereocenters. The summed E-state index contributed by atoms with van der Waals surface area (Å²) in [7, 11) is 0. The molecule has 1 aromatic carbocycles. The minimum Gasteiger partial charge on any atom is -0.338 e. The van der Waals surface area contributed by atoms with Crippen LogP contribution in [0.1, 0.15) is 16.8 Å². The topological polar surface area (TPSA) is 45.2 Å². The fourth-order valence-electron chi connectivity index (χ4n) is 2.69. The largest absolute Gasteiger partial charge is 0.338 e. The lowest BCUT2D eigenvalue weighted by atomic mass is 9.92. The zero-order valence-corrected chi connectivity index (χ0v) is 13.6. The number of hydrogen-bond donors (Lipinski definition) is 1. The Hall–Kier alpha value is -1.88. The van der Waals surface area contributed by atoms with E-state index in [1.165, 1.54) is 11.1 Å². The van der Waals surface area contributed by atoms with Gasteiger partial charge < -0.3 is 10.2 Å². The lowest BCUT2D eigenvalue weighted by Gasteiger charge is -2.39. The standard InChI is InChI=1S/C17H21N3OS/c1-13-2-4-14(5-3-13)8-15-9-20(10-15)17(21)18-7-6-16-11-22-12-19-16/h2-5,11-12,15H,6-10H2,1H3,(H,18,21). The first-order valence-electron chi connectivity index (χ1n) is 7.66. The van der Waals surface area contributed by atoms with Crippen LogP contribution >= 0.6 is 11.3 Å². The maximum Gasteiger partial charge on any atom is 0.317 e. The molecule has 0 atom stereocenters. The highest BCUT2D eigenvalue weighted by Gasteiger charge is 2.30. The second-order valence-electron chi connectivity index (χ2n) is 5.92. The Labute approximate surface area is 135 Å². The Morgan fingerprint density at radius 3 is 2.82 bits per heavy atom. The average molecular weight is 315 g/mol. The van der Waals surface area contributed by atoms with Gasteiger partial charge in [0.1, 0.15) is 0 Å². The average Bonchev–Trinajstić information content (AvgIpc) is 2.97. The van der Waals surface area contributed by atoms with Crippen LogP contribution in [0.3, 0.4) is 0 Å². The van der Waals surface area contributed by atoms with Gasteiger partial charge in [-0.25, -0.2) is 9.78 Å². The molecule has 5 heteroatoms. The van der Waals surface area contributed by atoms with Crippen LogP contribution in [0.15, 0.2) is 35.2 Å². The maximum absolute atomic E-state index is 12.0.